The minimum Gasteiger partial charge on any atom is -0.493 e. The van der Waals surface area contributed by atoms with Crippen molar-refractivity contribution in [2.24, 2.45) is 0 Å². The highest BCUT2D eigenvalue weighted by molar-refractivity contribution is 6.04. The highest BCUT2D eigenvalue weighted by atomic mass is 16.5. The fourth-order valence-electron chi connectivity index (χ4n) is 3.37. The Hall–Kier alpha value is -3.27. The number of amides is 1. The van der Waals surface area contributed by atoms with Crippen molar-refractivity contribution in [3.8, 4) is 11.5 Å². The fraction of sp³-hybridized carbons (Fsp3) is 0.269. The van der Waals surface area contributed by atoms with E-state index in [2.05, 4.69) is 11.4 Å². The van der Waals surface area contributed by atoms with Crippen molar-refractivity contribution in [3.05, 3.63) is 88.0 Å². The van der Waals surface area contributed by atoms with Crippen LogP contribution in [0.15, 0.2) is 54.6 Å². The van der Waals surface area contributed by atoms with E-state index in [4.69, 9.17) is 9.47 Å². The van der Waals surface area contributed by atoms with Gasteiger partial charge in [0.25, 0.3) is 5.91 Å². The van der Waals surface area contributed by atoms with Crippen LogP contribution < -0.4 is 14.8 Å². The highest BCUT2D eigenvalue weighted by Crippen LogP contribution is 2.25. The molecule has 0 unspecified atom stereocenters. The zero-order valence-electron chi connectivity index (χ0n) is 18.3. The molecule has 30 heavy (non-hydrogen) atoms. The van der Waals surface area contributed by atoms with Crippen LogP contribution in [0.25, 0.3) is 0 Å². The molecular weight excluding hydrogens is 374 g/mol. The minimum absolute atomic E-state index is 0.153. The lowest BCUT2D eigenvalue weighted by molar-refractivity contribution is 0.102. The van der Waals surface area contributed by atoms with Gasteiger partial charge in [0.15, 0.2) is 0 Å². The number of hydrogen-bond donors (Lipinski definition) is 1. The van der Waals surface area contributed by atoms with Gasteiger partial charge in [0.1, 0.15) is 18.1 Å². The van der Waals surface area contributed by atoms with E-state index in [1.165, 1.54) is 0 Å². The van der Waals surface area contributed by atoms with Gasteiger partial charge >= 0.3 is 0 Å². The molecule has 3 rings (SSSR count). The molecule has 0 radical (unpaired) electrons. The molecule has 3 aromatic carbocycles. The van der Waals surface area contributed by atoms with E-state index in [1.54, 1.807) is 6.07 Å². The first-order chi connectivity index (χ1) is 14.4. The standard InChI is InChI=1S/C26H29NO3/c1-6-29-25-10-9-21(26(28)27-24-14-17(2)7-8-20(24)5)15-22(25)16-30-23-12-18(3)11-19(4)13-23/h7-15H,6,16H2,1-5H3,(H,27,28). The predicted molar refractivity (Wildman–Crippen MR) is 122 cm³/mol. The van der Waals surface area contributed by atoms with Crippen molar-refractivity contribution < 1.29 is 14.3 Å². The van der Waals surface area contributed by atoms with Gasteiger partial charge in [0.05, 0.1) is 6.61 Å². The van der Waals surface area contributed by atoms with Crippen molar-refractivity contribution >= 4 is 11.6 Å². The summed E-state index contributed by atoms with van der Waals surface area (Å²) in [7, 11) is 0. The largest absolute Gasteiger partial charge is 0.493 e. The number of hydrogen-bond acceptors (Lipinski definition) is 3. The Morgan fingerprint density at radius 1 is 0.833 bits per heavy atom. The third-order valence-electron chi connectivity index (χ3n) is 4.85. The summed E-state index contributed by atoms with van der Waals surface area (Å²) in [5.41, 5.74) is 6.65. The zero-order valence-corrected chi connectivity index (χ0v) is 18.3. The quantitative estimate of drug-likeness (QED) is 0.515. The molecule has 0 saturated heterocycles. The predicted octanol–water partition coefficient (Wildman–Crippen LogP) is 6.15. The van der Waals surface area contributed by atoms with E-state index in [1.807, 2.05) is 77.1 Å². The van der Waals surface area contributed by atoms with E-state index in [0.717, 1.165) is 45.0 Å². The van der Waals surface area contributed by atoms with Crippen molar-refractivity contribution in [1.82, 2.24) is 0 Å². The molecule has 4 nitrogen and oxygen atoms in total. The summed E-state index contributed by atoms with van der Waals surface area (Å²) in [4.78, 5) is 12.9. The zero-order chi connectivity index (χ0) is 21.7. The Kier molecular flexibility index (Phi) is 6.78. The molecule has 0 aliphatic rings. The van der Waals surface area contributed by atoms with Crippen LogP contribution in [-0.2, 0) is 6.61 Å². The molecule has 0 aliphatic heterocycles. The monoisotopic (exact) mass is 403 g/mol. The van der Waals surface area contributed by atoms with Gasteiger partial charge in [-0.3, -0.25) is 4.79 Å². The van der Waals surface area contributed by atoms with E-state index in [9.17, 15) is 4.79 Å². The summed E-state index contributed by atoms with van der Waals surface area (Å²) in [6.07, 6.45) is 0. The maximum Gasteiger partial charge on any atom is 0.255 e. The minimum atomic E-state index is -0.153. The molecule has 0 spiro atoms. The summed E-state index contributed by atoms with van der Waals surface area (Å²) in [6.45, 7) is 10.9. The van der Waals surface area contributed by atoms with Crippen LogP contribution in [-0.4, -0.2) is 12.5 Å². The van der Waals surface area contributed by atoms with Gasteiger partial charge in [-0.2, -0.15) is 0 Å². The summed E-state index contributed by atoms with van der Waals surface area (Å²) < 4.78 is 11.8. The second-order valence-electron chi connectivity index (χ2n) is 7.64. The first-order valence-corrected chi connectivity index (χ1v) is 10.2. The number of aryl methyl sites for hydroxylation is 4. The van der Waals surface area contributed by atoms with E-state index >= 15 is 0 Å². The smallest absolute Gasteiger partial charge is 0.255 e. The van der Waals surface area contributed by atoms with Gasteiger partial charge in [-0.15, -0.1) is 0 Å². The number of benzene rings is 3. The summed E-state index contributed by atoms with van der Waals surface area (Å²) >= 11 is 0. The average Bonchev–Trinajstić information content (AvgIpc) is 2.69. The van der Waals surface area contributed by atoms with E-state index < -0.39 is 0 Å². The molecule has 0 bridgehead atoms. The van der Waals surface area contributed by atoms with Crippen LogP contribution in [0.2, 0.25) is 0 Å². The van der Waals surface area contributed by atoms with Crippen LogP contribution in [0, 0.1) is 27.7 Å². The molecule has 0 heterocycles. The molecule has 0 aromatic heterocycles. The van der Waals surface area contributed by atoms with Gasteiger partial charge in [-0.05, 0) is 93.3 Å². The lowest BCUT2D eigenvalue weighted by atomic mass is 10.1. The number of ether oxygens (including phenoxy) is 2. The van der Waals surface area contributed by atoms with Crippen LogP contribution in [0.4, 0.5) is 5.69 Å². The summed E-state index contributed by atoms with van der Waals surface area (Å²) in [5, 5.41) is 3.01. The normalized spacial score (nSPS) is 10.6. The molecule has 1 N–H and O–H groups in total. The second-order valence-corrected chi connectivity index (χ2v) is 7.64. The molecule has 0 aliphatic carbocycles. The molecule has 0 saturated carbocycles. The average molecular weight is 404 g/mol. The van der Waals surface area contributed by atoms with Crippen LogP contribution in [0.3, 0.4) is 0 Å². The van der Waals surface area contributed by atoms with Crippen molar-refractivity contribution in [1.29, 1.82) is 0 Å². The topological polar surface area (TPSA) is 47.6 Å². The SMILES string of the molecule is CCOc1ccc(C(=O)Nc2cc(C)ccc2C)cc1COc1cc(C)cc(C)c1. The van der Waals surface area contributed by atoms with Gasteiger partial charge in [0.2, 0.25) is 0 Å². The molecule has 156 valence electrons. The Morgan fingerprint density at radius 3 is 2.27 bits per heavy atom. The second kappa shape index (κ2) is 9.49. The summed E-state index contributed by atoms with van der Waals surface area (Å²) in [6, 6.07) is 17.6. The van der Waals surface area contributed by atoms with Crippen molar-refractivity contribution in [2.75, 3.05) is 11.9 Å². The number of nitrogens with one attached hydrogen (secondary N) is 1. The molecule has 4 heteroatoms. The highest BCUT2D eigenvalue weighted by Gasteiger charge is 2.13. The Morgan fingerprint density at radius 2 is 1.57 bits per heavy atom. The lowest BCUT2D eigenvalue weighted by Crippen LogP contribution is -2.14. The Balaban J connectivity index is 1.82. The van der Waals surface area contributed by atoms with Crippen LogP contribution in [0.1, 0.15) is 45.1 Å². The van der Waals surface area contributed by atoms with Crippen LogP contribution >= 0.6 is 0 Å². The number of carbonyl (C=O) groups is 1. The number of anilines is 1. The van der Waals surface area contributed by atoms with Gasteiger partial charge in [-0.1, -0.05) is 18.2 Å². The van der Waals surface area contributed by atoms with Crippen LogP contribution in [0.5, 0.6) is 11.5 Å². The maximum absolute atomic E-state index is 12.9. The molecule has 0 atom stereocenters. The molecule has 1 amide bonds. The van der Waals surface area contributed by atoms with E-state index in [0.29, 0.717) is 18.8 Å². The first-order valence-electron chi connectivity index (χ1n) is 10.2. The number of rotatable bonds is 7. The van der Waals surface area contributed by atoms with E-state index in [-0.39, 0.29) is 5.91 Å². The lowest BCUT2D eigenvalue weighted by Gasteiger charge is -2.15. The van der Waals surface area contributed by atoms with Gasteiger partial charge < -0.3 is 14.8 Å². The summed E-state index contributed by atoms with van der Waals surface area (Å²) in [5.74, 6) is 1.38. The van der Waals surface area contributed by atoms with Gasteiger partial charge in [0, 0.05) is 16.8 Å². The molecule has 0 fully saturated rings. The third-order valence-corrected chi connectivity index (χ3v) is 4.85. The van der Waals surface area contributed by atoms with Crippen molar-refractivity contribution in [3.63, 3.8) is 0 Å². The first kappa shape index (κ1) is 21.4. The van der Waals surface area contributed by atoms with Crippen molar-refractivity contribution in [2.45, 2.75) is 41.2 Å². The number of carbonyl (C=O) groups excluding carboxylic acids is 1. The molecular formula is C26H29NO3. The molecule has 3 aromatic rings. The van der Waals surface area contributed by atoms with Gasteiger partial charge in [-0.25, -0.2) is 0 Å². The Bertz CT molecular complexity index is 1040. The fourth-order valence-corrected chi connectivity index (χ4v) is 3.37. The third kappa shape index (κ3) is 5.41. The maximum atomic E-state index is 12.9. The Labute approximate surface area is 178 Å².